The number of rotatable bonds is 9. The monoisotopic (exact) mass is 530 g/mol. The van der Waals surface area contributed by atoms with E-state index < -0.39 is 0 Å². The smallest absolute Gasteiger partial charge is 0.306 e. The third-order valence-corrected chi connectivity index (χ3v) is 4.82. The highest BCUT2D eigenvalue weighted by Gasteiger charge is 2.18. The summed E-state index contributed by atoms with van der Waals surface area (Å²) in [6.07, 6.45) is 5.60. The molecule has 1 fully saturated rings. The van der Waals surface area contributed by atoms with E-state index in [1.165, 1.54) is 0 Å². The van der Waals surface area contributed by atoms with Gasteiger partial charge in [0.25, 0.3) is 5.91 Å². The van der Waals surface area contributed by atoms with Gasteiger partial charge in [-0.1, -0.05) is 12.1 Å². The molecule has 2 N–H and O–H groups in total. The molecule has 1 aliphatic carbocycles. The van der Waals surface area contributed by atoms with Gasteiger partial charge in [0.1, 0.15) is 6.10 Å². The molecule has 0 bridgehead atoms. The van der Waals surface area contributed by atoms with Crippen LogP contribution in [0.15, 0.2) is 29.3 Å². The Morgan fingerprint density at radius 3 is 2.40 bits per heavy atom. The van der Waals surface area contributed by atoms with Gasteiger partial charge in [-0.05, 0) is 56.7 Å². The Hall–Kier alpha value is -1.84. The Balaban J connectivity index is 0.00000450. The second-order valence-electron chi connectivity index (χ2n) is 7.52. The number of guanidine groups is 1. The number of hydrogen-bond acceptors (Lipinski definition) is 4. The van der Waals surface area contributed by atoms with Gasteiger partial charge in [0.15, 0.2) is 5.96 Å². The average Bonchev–Trinajstić information content (AvgIpc) is 3.22. The molecule has 1 aliphatic rings. The van der Waals surface area contributed by atoms with Gasteiger partial charge < -0.3 is 20.3 Å². The van der Waals surface area contributed by atoms with E-state index in [-0.39, 0.29) is 42.0 Å². The van der Waals surface area contributed by atoms with Crippen LogP contribution in [0, 0.1) is 0 Å². The predicted molar refractivity (Wildman–Crippen MR) is 130 cm³/mol. The minimum Gasteiger partial charge on any atom is -0.462 e. The standard InChI is InChI=1S/C22H34N4O3.HI/c1-4-23-22(24-15-7-10-20(27)29-19-8-5-6-9-19)25-16-17-11-13-18(14-12-17)21(28)26(2)3;/h11-14,19H,4-10,15-16H2,1-3H3,(H2,23,24,25);1H. The number of aliphatic imine (C=N–C) groups is 1. The fourth-order valence-electron chi connectivity index (χ4n) is 3.21. The lowest BCUT2D eigenvalue weighted by Crippen LogP contribution is -2.37. The Labute approximate surface area is 197 Å². The quantitative estimate of drug-likeness (QED) is 0.168. The molecule has 0 unspecified atom stereocenters. The summed E-state index contributed by atoms with van der Waals surface area (Å²) in [6, 6.07) is 7.48. The van der Waals surface area contributed by atoms with E-state index in [2.05, 4.69) is 15.6 Å². The lowest BCUT2D eigenvalue weighted by atomic mass is 10.1. The van der Waals surface area contributed by atoms with E-state index in [1.807, 2.05) is 31.2 Å². The van der Waals surface area contributed by atoms with Crippen LogP contribution in [0.25, 0.3) is 0 Å². The normalized spacial score (nSPS) is 14.0. The van der Waals surface area contributed by atoms with Crippen molar-refractivity contribution in [3.63, 3.8) is 0 Å². The molecule has 0 spiro atoms. The maximum Gasteiger partial charge on any atom is 0.306 e. The number of carbonyl (C=O) groups excluding carboxylic acids is 2. The van der Waals surface area contributed by atoms with Gasteiger partial charge in [-0.3, -0.25) is 9.59 Å². The van der Waals surface area contributed by atoms with Gasteiger partial charge in [-0.2, -0.15) is 0 Å². The largest absolute Gasteiger partial charge is 0.462 e. The molecular weight excluding hydrogens is 495 g/mol. The van der Waals surface area contributed by atoms with Crippen LogP contribution in [0.3, 0.4) is 0 Å². The fourth-order valence-corrected chi connectivity index (χ4v) is 3.21. The number of ether oxygens (including phenoxy) is 1. The topological polar surface area (TPSA) is 83.0 Å². The first-order valence-corrected chi connectivity index (χ1v) is 10.5. The SMILES string of the molecule is CCNC(=NCc1ccc(C(=O)N(C)C)cc1)NCCCC(=O)OC1CCCC1.I. The Morgan fingerprint density at radius 1 is 1.13 bits per heavy atom. The maximum atomic E-state index is 11.9. The number of amides is 1. The van der Waals surface area contributed by atoms with Gasteiger partial charge in [0.2, 0.25) is 0 Å². The molecule has 1 aromatic carbocycles. The molecule has 0 saturated heterocycles. The molecule has 0 aromatic heterocycles. The van der Waals surface area contributed by atoms with E-state index in [4.69, 9.17) is 4.74 Å². The van der Waals surface area contributed by atoms with Crippen molar-refractivity contribution in [1.82, 2.24) is 15.5 Å². The Kier molecular flexibility index (Phi) is 12.4. The number of halogens is 1. The van der Waals surface area contributed by atoms with E-state index >= 15 is 0 Å². The summed E-state index contributed by atoms with van der Waals surface area (Å²) in [5.41, 5.74) is 1.69. The minimum atomic E-state index is -0.104. The highest BCUT2D eigenvalue weighted by Crippen LogP contribution is 2.21. The molecule has 30 heavy (non-hydrogen) atoms. The second kappa shape index (κ2) is 14.2. The van der Waals surface area contributed by atoms with Crippen LogP contribution in [-0.2, 0) is 16.1 Å². The summed E-state index contributed by atoms with van der Waals surface area (Å²) >= 11 is 0. The molecule has 0 aliphatic heterocycles. The molecule has 1 amide bonds. The lowest BCUT2D eigenvalue weighted by Gasteiger charge is -2.13. The molecule has 0 radical (unpaired) electrons. The second-order valence-corrected chi connectivity index (χ2v) is 7.52. The van der Waals surface area contributed by atoms with Gasteiger partial charge in [0.05, 0.1) is 6.54 Å². The van der Waals surface area contributed by atoms with Crippen molar-refractivity contribution in [3.8, 4) is 0 Å². The molecule has 8 heteroatoms. The molecule has 0 atom stereocenters. The van der Waals surface area contributed by atoms with E-state index in [1.54, 1.807) is 19.0 Å². The van der Waals surface area contributed by atoms with Crippen molar-refractivity contribution in [2.75, 3.05) is 27.2 Å². The summed E-state index contributed by atoms with van der Waals surface area (Å²) in [5.74, 6) is 0.597. The summed E-state index contributed by atoms with van der Waals surface area (Å²) in [4.78, 5) is 30.0. The van der Waals surface area contributed by atoms with Crippen molar-refractivity contribution in [2.24, 2.45) is 4.99 Å². The average molecular weight is 530 g/mol. The summed E-state index contributed by atoms with van der Waals surface area (Å²) in [5, 5.41) is 6.46. The molecule has 7 nitrogen and oxygen atoms in total. The number of esters is 1. The molecule has 168 valence electrons. The third kappa shape index (κ3) is 9.32. The van der Waals surface area contributed by atoms with Gasteiger partial charge >= 0.3 is 5.97 Å². The maximum absolute atomic E-state index is 11.9. The molecule has 2 rings (SSSR count). The summed E-state index contributed by atoms with van der Waals surface area (Å²) < 4.78 is 5.47. The molecule has 1 saturated carbocycles. The molecular formula is C22H35IN4O3. The van der Waals surface area contributed by atoms with Gasteiger partial charge in [0, 0.05) is 39.2 Å². The van der Waals surface area contributed by atoms with E-state index in [0.717, 1.165) is 37.8 Å². The zero-order valence-electron chi connectivity index (χ0n) is 18.3. The van der Waals surface area contributed by atoms with Crippen molar-refractivity contribution >= 4 is 41.8 Å². The van der Waals surface area contributed by atoms with E-state index in [0.29, 0.717) is 37.5 Å². The number of carbonyl (C=O) groups is 2. The van der Waals surface area contributed by atoms with Crippen LogP contribution in [0.1, 0.15) is 61.4 Å². The third-order valence-electron chi connectivity index (χ3n) is 4.82. The fraction of sp³-hybridized carbons (Fsp3) is 0.591. The summed E-state index contributed by atoms with van der Waals surface area (Å²) in [7, 11) is 3.48. The van der Waals surface area contributed by atoms with Crippen molar-refractivity contribution in [2.45, 2.75) is 58.1 Å². The minimum absolute atomic E-state index is 0. The van der Waals surface area contributed by atoms with Gasteiger partial charge in [-0.25, -0.2) is 4.99 Å². The summed E-state index contributed by atoms with van der Waals surface area (Å²) in [6.45, 7) is 3.93. The van der Waals surface area contributed by atoms with Crippen molar-refractivity contribution in [3.05, 3.63) is 35.4 Å². The first-order chi connectivity index (χ1) is 14.0. The number of nitrogens with zero attached hydrogens (tertiary/aromatic N) is 2. The Morgan fingerprint density at radius 2 is 1.80 bits per heavy atom. The zero-order valence-corrected chi connectivity index (χ0v) is 20.6. The van der Waals surface area contributed by atoms with Crippen molar-refractivity contribution < 1.29 is 14.3 Å². The van der Waals surface area contributed by atoms with Crippen LogP contribution >= 0.6 is 24.0 Å². The number of hydrogen-bond donors (Lipinski definition) is 2. The zero-order chi connectivity index (χ0) is 21.1. The predicted octanol–water partition coefficient (Wildman–Crippen LogP) is 3.33. The first-order valence-electron chi connectivity index (χ1n) is 10.5. The van der Waals surface area contributed by atoms with Crippen LogP contribution in [0.5, 0.6) is 0 Å². The van der Waals surface area contributed by atoms with Crippen molar-refractivity contribution in [1.29, 1.82) is 0 Å². The van der Waals surface area contributed by atoms with Crippen LogP contribution in [0.2, 0.25) is 0 Å². The molecule has 0 heterocycles. The number of benzene rings is 1. The van der Waals surface area contributed by atoms with E-state index in [9.17, 15) is 9.59 Å². The lowest BCUT2D eigenvalue weighted by molar-refractivity contribution is -0.148. The van der Waals surface area contributed by atoms with Crippen LogP contribution in [-0.4, -0.2) is 56.0 Å². The van der Waals surface area contributed by atoms with Crippen LogP contribution < -0.4 is 10.6 Å². The first kappa shape index (κ1) is 26.2. The number of nitrogens with one attached hydrogen (secondary N) is 2. The molecule has 1 aromatic rings. The van der Waals surface area contributed by atoms with Gasteiger partial charge in [-0.15, -0.1) is 24.0 Å². The van der Waals surface area contributed by atoms with Crippen LogP contribution in [0.4, 0.5) is 0 Å². The highest BCUT2D eigenvalue weighted by atomic mass is 127. The Bertz CT molecular complexity index is 686. The highest BCUT2D eigenvalue weighted by molar-refractivity contribution is 14.0.